The predicted octanol–water partition coefficient (Wildman–Crippen LogP) is 2.76. The molecule has 0 spiro atoms. The molecule has 1 unspecified atom stereocenters. The maximum Gasteiger partial charge on any atom is 0.273 e. The number of nitro benzene ring substituents is 1. The fraction of sp³-hybridized carbons (Fsp3) is 0.500. The molecule has 0 fully saturated rings. The fourth-order valence-corrected chi connectivity index (χ4v) is 1.82. The lowest BCUT2D eigenvalue weighted by atomic mass is 10.2. The molecule has 1 N–H and O–H groups in total. The monoisotopic (exact) mass is 272 g/mol. The third-order valence-electron chi connectivity index (χ3n) is 2.44. The number of benzene rings is 1. The van der Waals surface area contributed by atoms with E-state index in [-0.39, 0.29) is 11.8 Å². The summed E-state index contributed by atoms with van der Waals surface area (Å²) in [6.07, 6.45) is 0.0771. The van der Waals surface area contributed by atoms with Crippen LogP contribution in [0.2, 0.25) is 5.02 Å². The Balaban J connectivity index is 2.60. The van der Waals surface area contributed by atoms with Gasteiger partial charge in [-0.25, -0.2) is 0 Å². The molecular weight excluding hydrogens is 256 g/mol. The Labute approximate surface area is 111 Å². The molecule has 0 aliphatic heterocycles. The second-order valence-electron chi connectivity index (χ2n) is 3.93. The highest BCUT2D eigenvalue weighted by atomic mass is 35.5. The zero-order chi connectivity index (χ0) is 13.5. The topological polar surface area (TPSA) is 64.4 Å². The lowest BCUT2D eigenvalue weighted by Crippen LogP contribution is -2.26. The summed E-state index contributed by atoms with van der Waals surface area (Å²) in [5.41, 5.74) is 0.659. The molecule has 100 valence electrons. The Morgan fingerprint density at radius 3 is 2.89 bits per heavy atom. The molecular formula is C12H17ClN2O3. The highest BCUT2D eigenvalue weighted by Gasteiger charge is 2.13. The maximum atomic E-state index is 10.8. The second kappa shape index (κ2) is 7.31. The van der Waals surface area contributed by atoms with Gasteiger partial charge in [-0.15, -0.1) is 0 Å². The van der Waals surface area contributed by atoms with Gasteiger partial charge >= 0.3 is 0 Å². The highest BCUT2D eigenvalue weighted by molar-refractivity contribution is 6.30. The number of nitrogens with one attached hydrogen (secondary N) is 1. The Hall–Kier alpha value is -1.17. The lowest BCUT2D eigenvalue weighted by Gasteiger charge is -2.12. The van der Waals surface area contributed by atoms with Crippen LogP contribution in [0.4, 0.5) is 5.69 Å². The number of hydrogen-bond donors (Lipinski definition) is 1. The van der Waals surface area contributed by atoms with Crippen LogP contribution in [0.5, 0.6) is 0 Å². The maximum absolute atomic E-state index is 10.8. The van der Waals surface area contributed by atoms with Gasteiger partial charge in [0.1, 0.15) is 0 Å². The van der Waals surface area contributed by atoms with Gasteiger partial charge in [0, 0.05) is 36.3 Å². The number of nitro groups is 1. The van der Waals surface area contributed by atoms with Gasteiger partial charge in [0.15, 0.2) is 0 Å². The van der Waals surface area contributed by atoms with E-state index in [1.807, 2.05) is 13.8 Å². The van der Waals surface area contributed by atoms with Crippen molar-refractivity contribution in [3.05, 3.63) is 38.9 Å². The van der Waals surface area contributed by atoms with Gasteiger partial charge in [-0.05, 0) is 26.0 Å². The molecule has 0 saturated carbocycles. The Kier molecular flexibility index (Phi) is 6.04. The lowest BCUT2D eigenvalue weighted by molar-refractivity contribution is -0.385. The summed E-state index contributed by atoms with van der Waals surface area (Å²) < 4.78 is 5.36. The van der Waals surface area contributed by atoms with Gasteiger partial charge in [0.2, 0.25) is 0 Å². The van der Waals surface area contributed by atoms with Gasteiger partial charge in [0.05, 0.1) is 11.0 Å². The zero-order valence-electron chi connectivity index (χ0n) is 10.5. The first-order chi connectivity index (χ1) is 8.54. The van der Waals surface area contributed by atoms with E-state index in [4.69, 9.17) is 16.3 Å². The Bertz CT molecular complexity index is 412. The zero-order valence-corrected chi connectivity index (χ0v) is 11.2. The van der Waals surface area contributed by atoms with Gasteiger partial charge in [-0.3, -0.25) is 10.1 Å². The molecule has 6 heteroatoms. The molecule has 5 nitrogen and oxygen atoms in total. The van der Waals surface area contributed by atoms with E-state index >= 15 is 0 Å². The van der Waals surface area contributed by atoms with E-state index in [9.17, 15) is 10.1 Å². The molecule has 1 atom stereocenters. The van der Waals surface area contributed by atoms with Crippen molar-refractivity contribution in [2.45, 2.75) is 26.5 Å². The summed E-state index contributed by atoms with van der Waals surface area (Å²) in [5.74, 6) is 0. The van der Waals surface area contributed by atoms with Crippen molar-refractivity contribution >= 4 is 17.3 Å². The molecule has 1 rings (SSSR count). The quantitative estimate of drug-likeness (QED) is 0.612. The van der Waals surface area contributed by atoms with E-state index in [0.29, 0.717) is 30.3 Å². The van der Waals surface area contributed by atoms with Gasteiger partial charge in [-0.1, -0.05) is 11.6 Å². The van der Waals surface area contributed by atoms with Crippen LogP contribution in [0, 0.1) is 10.1 Å². The standard InChI is InChI=1S/C12H17ClN2O3/c1-3-18-9(2)7-14-8-10-6-11(13)4-5-12(10)15(16)17/h4-6,9,14H,3,7-8H2,1-2H3. The van der Waals surface area contributed by atoms with Crippen molar-refractivity contribution < 1.29 is 9.66 Å². The first kappa shape index (κ1) is 14.9. The molecule has 18 heavy (non-hydrogen) atoms. The van der Waals surface area contributed by atoms with E-state index in [0.717, 1.165) is 0 Å². The molecule has 0 aromatic heterocycles. The van der Waals surface area contributed by atoms with Gasteiger partial charge in [0.25, 0.3) is 5.69 Å². The van der Waals surface area contributed by atoms with Crippen LogP contribution in [-0.2, 0) is 11.3 Å². The number of ether oxygens (including phenoxy) is 1. The first-order valence-corrected chi connectivity index (χ1v) is 6.17. The third-order valence-corrected chi connectivity index (χ3v) is 2.67. The molecule has 0 bridgehead atoms. The molecule has 0 aliphatic rings. The van der Waals surface area contributed by atoms with Crippen LogP contribution in [0.25, 0.3) is 0 Å². The molecule has 0 amide bonds. The van der Waals surface area contributed by atoms with Crippen molar-refractivity contribution in [2.75, 3.05) is 13.2 Å². The second-order valence-corrected chi connectivity index (χ2v) is 4.36. The molecule has 1 aromatic rings. The van der Waals surface area contributed by atoms with Gasteiger partial charge < -0.3 is 10.1 Å². The number of halogens is 1. The van der Waals surface area contributed by atoms with Crippen molar-refractivity contribution in [2.24, 2.45) is 0 Å². The van der Waals surface area contributed by atoms with Crippen molar-refractivity contribution in [3.63, 3.8) is 0 Å². The van der Waals surface area contributed by atoms with Crippen LogP contribution < -0.4 is 5.32 Å². The highest BCUT2D eigenvalue weighted by Crippen LogP contribution is 2.22. The number of nitrogens with zero attached hydrogens (tertiary/aromatic N) is 1. The van der Waals surface area contributed by atoms with Crippen LogP contribution in [0.1, 0.15) is 19.4 Å². The SMILES string of the molecule is CCOC(C)CNCc1cc(Cl)ccc1[N+](=O)[O-]. The van der Waals surface area contributed by atoms with Crippen LogP contribution in [0.3, 0.4) is 0 Å². The summed E-state index contributed by atoms with van der Waals surface area (Å²) in [4.78, 5) is 10.4. The van der Waals surface area contributed by atoms with Crippen LogP contribution in [-0.4, -0.2) is 24.2 Å². The average Bonchev–Trinajstić information content (AvgIpc) is 2.29. The van der Waals surface area contributed by atoms with Crippen molar-refractivity contribution in [3.8, 4) is 0 Å². The average molecular weight is 273 g/mol. The summed E-state index contributed by atoms with van der Waals surface area (Å²) in [6.45, 7) is 5.56. The fourth-order valence-electron chi connectivity index (χ4n) is 1.63. The summed E-state index contributed by atoms with van der Waals surface area (Å²) >= 11 is 5.84. The third kappa shape index (κ3) is 4.60. The number of hydrogen-bond acceptors (Lipinski definition) is 4. The van der Waals surface area contributed by atoms with E-state index in [1.54, 1.807) is 6.07 Å². The molecule has 0 radical (unpaired) electrons. The summed E-state index contributed by atoms with van der Waals surface area (Å²) in [7, 11) is 0. The van der Waals surface area contributed by atoms with Crippen molar-refractivity contribution in [1.82, 2.24) is 5.32 Å². The Morgan fingerprint density at radius 2 is 2.28 bits per heavy atom. The predicted molar refractivity (Wildman–Crippen MR) is 70.9 cm³/mol. The molecule has 0 heterocycles. The van der Waals surface area contributed by atoms with Crippen LogP contribution in [0.15, 0.2) is 18.2 Å². The largest absolute Gasteiger partial charge is 0.377 e. The van der Waals surface area contributed by atoms with Crippen LogP contribution >= 0.6 is 11.6 Å². The summed E-state index contributed by atoms with van der Waals surface area (Å²) in [5, 5.41) is 14.5. The number of rotatable bonds is 7. The van der Waals surface area contributed by atoms with E-state index < -0.39 is 4.92 Å². The first-order valence-electron chi connectivity index (χ1n) is 5.79. The minimum absolute atomic E-state index is 0.0771. The molecule has 0 saturated heterocycles. The summed E-state index contributed by atoms with van der Waals surface area (Å²) in [6, 6.07) is 4.55. The molecule has 1 aromatic carbocycles. The minimum atomic E-state index is -0.403. The normalized spacial score (nSPS) is 12.4. The van der Waals surface area contributed by atoms with E-state index in [2.05, 4.69) is 5.32 Å². The van der Waals surface area contributed by atoms with E-state index in [1.165, 1.54) is 12.1 Å². The van der Waals surface area contributed by atoms with Gasteiger partial charge in [-0.2, -0.15) is 0 Å². The molecule has 0 aliphatic carbocycles. The van der Waals surface area contributed by atoms with Crippen molar-refractivity contribution in [1.29, 1.82) is 0 Å². The minimum Gasteiger partial charge on any atom is -0.377 e. The Morgan fingerprint density at radius 1 is 1.56 bits per heavy atom. The smallest absolute Gasteiger partial charge is 0.273 e.